The summed E-state index contributed by atoms with van der Waals surface area (Å²) in [6, 6.07) is 1.82. The minimum Gasteiger partial charge on any atom is -0.313 e. The Morgan fingerprint density at radius 1 is 1.43 bits per heavy atom. The first-order chi connectivity index (χ1) is 6.56. The van der Waals surface area contributed by atoms with Crippen LogP contribution >= 0.6 is 0 Å². The monoisotopic (exact) mass is 199 g/mol. The maximum Gasteiger partial charge on any atom is 0.177 e. The van der Waals surface area contributed by atoms with Crippen LogP contribution in [0.1, 0.15) is 15.9 Å². The third kappa shape index (κ3) is 2.14. The predicted molar refractivity (Wildman–Crippen MR) is 49.4 cm³/mol. The number of hydrogen-bond acceptors (Lipinski definition) is 2. The number of ketones is 1. The molecule has 0 heterocycles. The van der Waals surface area contributed by atoms with Crippen LogP contribution in [0.5, 0.6) is 0 Å². The summed E-state index contributed by atoms with van der Waals surface area (Å²) >= 11 is 0. The molecule has 0 bridgehead atoms. The number of hydrogen-bond donors (Lipinski definition) is 1. The van der Waals surface area contributed by atoms with Gasteiger partial charge in [0.2, 0.25) is 0 Å². The maximum atomic E-state index is 13.0. The molecule has 0 fully saturated rings. The Morgan fingerprint density at radius 2 is 2.07 bits per heavy atom. The first kappa shape index (κ1) is 10.8. The average molecular weight is 199 g/mol. The van der Waals surface area contributed by atoms with Gasteiger partial charge >= 0.3 is 0 Å². The first-order valence-corrected chi connectivity index (χ1v) is 4.19. The van der Waals surface area contributed by atoms with Crippen molar-refractivity contribution >= 4 is 5.78 Å². The number of benzene rings is 1. The molecule has 76 valence electrons. The minimum atomic E-state index is -0.729. The number of carbonyl (C=O) groups is 1. The largest absolute Gasteiger partial charge is 0.313 e. The molecule has 0 atom stereocenters. The van der Waals surface area contributed by atoms with E-state index in [-0.39, 0.29) is 23.5 Å². The van der Waals surface area contributed by atoms with Gasteiger partial charge in [0.25, 0.3) is 0 Å². The molecular formula is C10H11F2NO. The number of carbonyl (C=O) groups excluding carboxylic acids is 1. The Morgan fingerprint density at radius 3 is 2.64 bits per heavy atom. The number of halogens is 2. The molecular weight excluding hydrogens is 188 g/mol. The van der Waals surface area contributed by atoms with E-state index in [1.165, 1.54) is 6.92 Å². The van der Waals surface area contributed by atoms with Crippen LogP contribution in [0.3, 0.4) is 0 Å². The summed E-state index contributed by atoms with van der Waals surface area (Å²) in [7, 11) is 1.60. The van der Waals surface area contributed by atoms with E-state index in [2.05, 4.69) is 5.32 Å². The second-order valence-corrected chi connectivity index (χ2v) is 3.01. The van der Waals surface area contributed by atoms with Gasteiger partial charge < -0.3 is 5.32 Å². The molecule has 0 aliphatic heterocycles. The third-order valence-electron chi connectivity index (χ3n) is 1.95. The summed E-state index contributed by atoms with van der Waals surface area (Å²) in [6.45, 7) is 1.53. The van der Waals surface area contributed by atoms with Gasteiger partial charge in [-0.05, 0) is 25.6 Å². The van der Waals surface area contributed by atoms with Crippen molar-refractivity contribution in [3.05, 3.63) is 34.9 Å². The van der Waals surface area contributed by atoms with Crippen LogP contribution in [0.25, 0.3) is 0 Å². The average Bonchev–Trinajstić information content (AvgIpc) is 2.11. The van der Waals surface area contributed by atoms with Crippen molar-refractivity contribution in [3.63, 3.8) is 0 Å². The molecule has 0 unspecified atom stereocenters. The molecule has 0 spiro atoms. The topological polar surface area (TPSA) is 29.1 Å². The van der Waals surface area contributed by atoms with Crippen LogP contribution < -0.4 is 5.32 Å². The van der Waals surface area contributed by atoms with E-state index in [1.807, 2.05) is 0 Å². The number of likely N-dealkylation sites (N-methyl/N-ethyl adjacent to an activating group) is 1. The summed E-state index contributed by atoms with van der Waals surface area (Å²) in [5.41, 5.74) is 0.281. The van der Waals surface area contributed by atoms with Gasteiger partial charge in [0, 0.05) is 11.6 Å². The van der Waals surface area contributed by atoms with Gasteiger partial charge in [0.05, 0.1) is 6.54 Å². The molecule has 14 heavy (non-hydrogen) atoms. The normalized spacial score (nSPS) is 10.3. The van der Waals surface area contributed by atoms with Gasteiger partial charge in [-0.15, -0.1) is 0 Å². The molecule has 0 amide bonds. The lowest BCUT2D eigenvalue weighted by atomic mass is 10.0. The molecule has 0 aliphatic carbocycles. The fourth-order valence-corrected chi connectivity index (χ4v) is 1.19. The standard InChI is InChI=1S/C10H11F2NO/c1-6-8(10(14)5-13-2)3-7(11)4-9(6)12/h3-4,13H,5H2,1-2H3. The molecule has 1 aromatic rings. The van der Waals surface area contributed by atoms with E-state index in [9.17, 15) is 13.6 Å². The number of nitrogens with one attached hydrogen (secondary N) is 1. The lowest BCUT2D eigenvalue weighted by molar-refractivity contribution is 0.0992. The van der Waals surface area contributed by atoms with E-state index >= 15 is 0 Å². The number of Topliss-reactive ketones (excluding diaryl/α,β-unsaturated/α-hetero) is 1. The summed E-state index contributed by atoms with van der Waals surface area (Å²) in [5.74, 6) is -1.74. The van der Waals surface area contributed by atoms with Crippen LogP contribution in [-0.4, -0.2) is 19.4 Å². The van der Waals surface area contributed by atoms with E-state index in [1.54, 1.807) is 7.05 Å². The molecule has 2 nitrogen and oxygen atoms in total. The predicted octanol–water partition coefficient (Wildman–Crippen LogP) is 1.68. The van der Waals surface area contributed by atoms with Crippen LogP contribution in [0, 0.1) is 18.6 Å². The van der Waals surface area contributed by atoms with Crippen LogP contribution in [-0.2, 0) is 0 Å². The lowest BCUT2D eigenvalue weighted by Crippen LogP contribution is -2.19. The highest BCUT2D eigenvalue weighted by molar-refractivity contribution is 5.98. The van der Waals surface area contributed by atoms with Gasteiger partial charge in [0.15, 0.2) is 5.78 Å². The third-order valence-corrected chi connectivity index (χ3v) is 1.95. The fourth-order valence-electron chi connectivity index (χ4n) is 1.19. The van der Waals surface area contributed by atoms with E-state index in [0.29, 0.717) is 0 Å². The van der Waals surface area contributed by atoms with Gasteiger partial charge in [-0.3, -0.25) is 4.79 Å². The molecule has 1 aromatic carbocycles. The van der Waals surface area contributed by atoms with Crippen LogP contribution in [0.2, 0.25) is 0 Å². The summed E-state index contributed by atoms with van der Waals surface area (Å²) in [4.78, 5) is 11.4. The Bertz CT molecular complexity index is 363. The molecule has 0 radical (unpaired) electrons. The van der Waals surface area contributed by atoms with Gasteiger partial charge in [-0.25, -0.2) is 8.78 Å². The summed E-state index contributed by atoms with van der Waals surface area (Å²) in [6.07, 6.45) is 0. The molecule has 0 aromatic heterocycles. The quantitative estimate of drug-likeness (QED) is 0.750. The van der Waals surface area contributed by atoms with E-state index in [4.69, 9.17) is 0 Å². The highest BCUT2D eigenvalue weighted by Crippen LogP contribution is 2.15. The van der Waals surface area contributed by atoms with Crippen molar-refractivity contribution in [2.75, 3.05) is 13.6 Å². The van der Waals surface area contributed by atoms with Gasteiger partial charge in [-0.1, -0.05) is 0 Å². The second-order valence-electron chi connectivity index (χ2n) is 3.01. The Hall–Kier alpha value is -1.29. The lowest BCUT2D eigenvalue weighted by Gasteiger charge is -2.05. The highest BCUT2D eigenvalue weighted by Gasteiger charge is 2.13. The zero-order chi connectivity index (χ0) is 10.7. The summed E-state index contributed by atoms with van der Waals surface area (Å²) in [5, 5.41) is 2.64. The van der Waals surface area contributed by atoms with Crippen LogP contribution in [0.4, 0.5) is 8.78 Å². The van der Waals surface area contributed by atoms with Crippen molar-refractivity contribution < 1.29 is 13.6 Å². The highest BCUT2D eigenvalue weighted by atomic mass is 19.1. The fraction of sp³-hybridized carbons (Fsp3) is 0.300. The van der Waals surface area contributed by atoms with Crippen LogP contribution in [0.15, 0.2) is 12.1 Å². The van der Waals surface area contributed by atoms with Gasteiger partial charge in [0.1, 0.15) is 11.6 Å². The van der Waals surface area contributed by atoms with Crippen molar-refractivity contribution in [2.45, 2.75) is 6.92 Å². The molecule has 0 saturated carbocycles. The first-order valence-electron chi connectivity index (χ1n) is 4.19. The van der Waals surface area contributed by atoms with Crippen molar-refractivity contribution in [3.8, 4) is 0 Å². The molecule has 1 N–H and O–H groups in total. The molecule has 1 rings (SSSR count). The Balaban J connectivity index is 3.13. The smallest absolute Gasteiger partial charge is 0.177 e. The van der Waals surface area contributed by atoms with E-state index < -0.39 is 11.6 Å². The zero-order valence-corrected chi connectivity index (χ0v) is 8.03. The second kappa shape index (κ2) is 4.28. The SMILES string of the molecule is CNCC(=O)c1cc(F)cc(F)c1C. The molecule has 4 heteroatoms. The van der Waals surface area contributed by atoms with Crippen molar-refractivity contribution in [2.24, 2.45) is 0 Å². The Kier molecular flexibility index (Phi) is 3.30. The zero-order valence-electron chi connectivity index (χ0n) is 8.03. The van der Waals surface area contributed by atoms with Crippen molar-refractivity contribution in [1.29, 1.82) is 0 Å². The summed E-state index contributed by atoms with van der Waals surface area (Å²) < 4.78 is 25.8. The van der Waals surface area contributed by atoms with Gasteiger partial charge in [-0.2, -0.15) is 0 Å². The maximum absolute atomic E-state index is 13.0. The number of rotatable bonds is 3. The molecule has 0 aliphatic rings. The molecule has 0 saturated heterocycles. The van der Waals surface area contributed by atoms with Crippen molar-refractivity contribution in [1.82, 2.24) is 5.32 Å². The van der Waals surface area contributed by atoms with E-state index in [0.717, 1.165) is 12.1 Å². The Labute approximate surface area is 80.9 Å². The minimum absolute atomic E-state index is 0.0731.